The van der Waals surface area contributed by atoms with Crippen LogP contribution < -0.4 is 10.2 Å². The molecule has 2 N–H and O–H groups in total. The second-order valence-electron chi connectivity index (χ2n) is 11.8. The number of amides is 1. The monoisotopic (exact) mass is 580 g/mol. The third-order valence-electron chi connectivity index (χ3n) is 8.00. The van der Waals surface area contributed by atoms with Crippen LogP contribution in [0.25, 0.3) is 5.57 Å². The summed E-state index contributed by atoms with van der Waals surface area (Å²) in [6.07, 6.45) is 8.77. The van der Waals surface area contributed by atoms with E-state index < -0.39 is 12.2 Å². The molecule has 0 radical (unpaired) electrons. The van der Waals surface area contributed by atoms with Crippen LogP contribution in [0.3, 0.4) is 0 Å². The Bertz CT molecular complexity index is 1730. The van der Waals surface area contributed by atoms with E-state index in [9.17, 15) is 14.7 Å². The molecule has 43 heavy (non-hydrogen) atoms. The van der Waals surface area contributed by atoms with E-state index in [2.05, 4.69) is 38.7 Å². The minimum Gasteiger partial charge on any atom is -0.461 e. The number of ether oxygens (including phenoxy) is 1. The number of carbonyl (C=O) groups is 2. The van der Waals surface area contributed by atoms with Crippen LogP contribution in [0.4, 0.5) is 11.6 Å². The molecule has 6 rings (SSSR count). The molecule has 0 fully saturated rings. The molecule has 12 heteroatoms. The Kier molecular flexibility index (Phi) is 6.98. The van der Waals surface area contributed by atoms with Gasteiger partial charge in [0.05, 0.1) is 18.1 Å². The lowest BCUT2D eigenvalue weighted by Gasteiger charge is -2.32. The van der Waals surface area contributed by atoms with Crippen LogP contribution in [0.2, 0.25) is 0 Å². The summed E-state index contributed by atoms with van der Waals surface area (Å²) in [6.45, 7) is 6.80. The van der Waals surface area contributed by atoms with Crippen LogP contribution >= 0.6 is 0 Å². The Morgan fingerprint density at radius 2 is 2.05 bits per heavy atom. The number of aliphatic hydroxyl groups is 1. The number of likely N-dealkylation sites (N-methyl/N-ethyl adjacent to an activating group) is 1. The maximum atomic E-state index is 13.9. The molecule has 12 nitrogen and oxygen atoms in total. The van der Waals surface area contributed by atoms with Crippen molar-refractivity contribution in [2.75, 3.05) is 23.8 Å². The highest BCUT2D eigenvalue weighted by molar-refractivity contribution is 6.06. The number of rotatable bonds is 6. The van der Waals surface area contributed by atoms with Crippen molar-refractivity contribution in [1.29, 1.82) is 5.26 Å². The SMILES string of the molecule is CC(=O)OCc1c(C2=CN(C)C(O)C(Nc3cnc(C#N)cn3)=C2)ccnc1N1CCn2c(cc3c2CC(C)(C)C3)C1=O. The number of aliphatic hydroxyl groups excluding tert-OH is 1. The maximum Gasteiger partial charge on any atom is 0.302 e. The van der Waals surface area contributed by atoms with Crippen molar-refractivity contribution in [3.63, 3.8) is 0 Å². The third kappa shape index (κ3) is 5.23. The molecule has 0 aromatic carbocycles. The van der Waals surface area contributed by atoms with Crippen LogP contribution in [0.15, 0.2) is 48.7 Å². The number of nitrogens with zero attached hydrogens (tertiary/aromatic N) is 7. The molecule has 1 aliphatic carbocycles. The first-order chi connectivity index (χ1) is 20.5. The molecule has 1 amide bonds. The van der Waals surface area contributed by atoms with Crippen molar-refractivity contribution < 1.29 is 19.4 Å². The Labute approximate surface area is 248 Å². The molecule has 3 aliphatic rings. The van der Waals surface area contributed by atoms with Gasteiger partial charge < -0.3 is 24.6 Å². The van der Waals surface area contributed by atoms with Gasteiger partial charge in [0.1, 0.15) is 30.0 Å². The molecule has 0 saturated carbocycles. The highest BCUT2D eigenvalue weighted by atomic mass is 16.5. The largest absolute Gasteiger partial charge is 0.461 e. The van der Waals surface area contributed by atoms with E-state index in [0.29, 0.717) is 52.8 Å². The summed E-state index contributed by atoms with van der Waals surface area (Å²) in [6, 6.07) is 5.74. The molecule has 3 aromatic heterocycles. The minimum absolute atomic E-state index is 0.0926. The fourth-order valence-corrected chi connectivity index (χ4v) is 6.05. The van der Waals surface area contributed by atoms with Gasteiger partial charge in [0.25, 0.3) is 5.91 Å². The topological polar surface area (TPSA) is 149 Å². The minimum atomic E-state index is -1.01. The first-order valence-corrected chi connectivity index (χ1v) is 14.0. The molecule has 220 valence electrons. The van der Waals surface area contributed by atoms with Crippen molar-refractivity contribution in [2.24, 2.45) is 5.41 Å². The number of nitriles is 1. The first-order valence-electron chi connectivity index (χ1n) is 14.0. The normalized spacial score (nSPS) is 18.8. The zero-order chi connectivity index (χ0) is 30.5. The number of hydrogen-bond donors (Lipinski definition) is 2. The number of aromatic nitrogens is 4. The van der Waals surface area contributed by atoms with Gasteiger partial charge in [-0.15, -0.1) is 0 Å². The van der Waals surface area contributed by atoms with Crippen molar-refractivity contribution in [3.05, 3.63) is 82.5 Å². The van der Waals surface area contributed by atoms with Gasteiger partial charge >= 0.3 is 5.97 Å². The van der Waals surface area contributed by atoms with E-state index in [1.807, 2.05) is 12.1 Å². The van der Waals surface area contributed by atoms with Gasteiger partial charge in [-0.25, -0.2) is 15.0 Å². The van der Waals surface area contributed by atoms with Crippen molar-refractivity contribution >= 4 is 29.1 Å². The quantitative estimate of drug-likeness (QED) is 0.417. The zero-order valence-electron chi connectivity index (χ0n) is 24.5. The standard InChI is InChI=1S/C31H32N8O4/c1-18(40)43-17-23-22(20-9-24(29(41)37(4)16-20)36-27-15-34-21(13-32)14-35-27)5-6-33-28(23)39-8-7-38-25(30(39)42)10-19-11-31(2,3)12-26(19)38/h5-6,9-10,14-16,29,41H,7-8,11-12,17H2,1-4H3,(H,35,36). The molecule has 1 atom stereocenters. The number of fused-ring (bicyclic) bond motifs is 3. The number of esters is 1. The number of carbonyl (C=O) groups excluding carboxylic acids is 2. The summed E-state index contributed by atoms with van der Waals surface area (Å²) < 4.78 is 7.61. The van der Waals surface area contributed by atoms with Crippen LogP contribution in [0.5, 0.6) is 0 Å². The Morgan fingerprint density at radius 3 is 2.77 bits per heavy atom. The van der Waals surface area contributed by atoms with Crippen LogP contribution in [0.1, 0.15) is 59.3 Å². The lowest BCUT2D eigenvalue weighted by atomic mass is 9.90. The van der Waals surface area contributed by atoms with E-state index in [4.69, 9.17) is 10.00 Å². The van der Waals surface area contributed by atoms with E-state index in [1.54, 1.807) is 41.4 Å². The second-order valence-corrected chi connectivity index (χ2v) is 11.8. The van der Waals surface area contributed by atoms with Crippen molar-refractivity contribution in [1.82, 2.24) is 24.4 Å². The fraction of sp³-hybridized carbons (Fsp3) is 0.355. The molecular weight excluding hydrogens is 548 g/mol. The van der Waals surface area contributed by atoms with Crippen molar-refractivity contribution in [2.45, 2.75) is 53.0 Å². The molecular formula is C31H32N8O4. The van der Waals surface area contributed by atoms with Crippen LogP contribution in [-0.4, -0.2) is 61.2 Å². The van der Waals surface area contributed by atoms with Gasteiger partial charge in [-0.3, -0.25) is 14.5 Å². The van der Waals surface area contributed by atoms with Gasteiger partial charge in [-0.1, -0.05) is 13.8 Å². The van der Waals surface area contributed by atoms with Gasteiger partial charge in [0, 0.05) is 56.3 Å². The van der Waals surface area contributed by atoms with Crippen molar-refractivity contribution in [3.8, 4) is 6.07 Å². The summed E-state index contributed by atoms with van der Waals surface area (Å²) in [5.41, 5.74) is 5.84. The lowest BCUT2D eigenvalue weighted by Crippen LogP contribution is -2.42. The predicted molar refractivity (Wildman–Crippen MR) is 157 cm³/mol. The summed E-state index contributed by atoms with van der Waals surface area (Å²) in [4.78, 5) is 41.9. The first kappa shape index (κ1) is 28.1. The predicted octanol–water partition coefficient (Wildman–Crippen LogP) is 2.99. The summed E-state index contributed by atoms with van der Waals surface area (Å²) in [5.74, 6) is 0.176. The van der Waals surface area contributed by atoms with Crippen LogP contribution in [-0.2, 0) is 35.5 Å². The molecule has 1 unspecified atom stereocenters. The molecule has 2 aliphatic heterocycles. The van der Waals surface area contributed by atoms with Gasteiger partial charge in [0.15, 0.2) is 11.9 Å². The molecule has 0 bridgehead atoms. The molecule has 5 heterocycles. The molecule has 3 aromatic rings. The summed E-state index contributed by atoms with van der Waals surface area (Å²) in [7, 11) is 1.72. The van der Waals surface area contributed by atoms with Gasteiger partial charge in [-0.2, -0.15) is 5.26 Å². The number of hydrogen-bond acceptors (Lipinski definition) is 10. The number of anilines is 2. The summed E-state index contributed by atoms with van der Waals surface area (Å²) in [5, 5.41) is 23.0. The zero-order valence-corrected chi connectivity index (χ0v) is 24.5. The fourth-order valence-electron chi connectivity index (χ4n) is 6.05. The van der Waals surface area contributed by atoms with E-state index >= 15 is 0 Å². The Hall–Kier alpha value is -5.02. The van der Waals surface area contributed by atoms with Gasteiger partial charge in [-0.05, 0) is 47.6 Å². The van der Waals surface area contributed by atoms with E-state index in [1.165, 1.54) is 30.6 Å². The Morgan fingerprint density at radius 1 is 1.23 bits per heavy atom. The smallest absolute Gasteiger partial charge is 0.302 e. The number of nitrogens with one attached hydrogen (secondary N) is 1. The summed E-state index contributed by atoms with van der Waals surface area (Å²) >= 11 is 0. The average molecular weight is 581 g/mol. The molecule has 0 saturated heterocycles. The Balaban J connectivity index is 1.37. The highest BCUT2D eigenvalue weighted by Crippen LogP contribution is 2.40. The third-order valence-corrected chi connectivity index (χ3v) is 8.00. The molecule has 0 spiro atoms. The number of pyridine rings is 1. The maximum absolute atomic E-state index is 13.9. The lowest BCUT2D eigenvalue weighted by molar-refractivity contribution is -0.142. The highest BCUT2D eigenvalue weighted by Gasteiger charge is 2.38. The van der Waals surface area contributed by atoms with E-state index in [-0.39, 0.29) is 23.6 Å². The second kappa shape index (κ2) is 10.7. The number of allylic oxidation sites excluding steroid dienone is 2. The van der Waals surface area contributed by atoms with Crippen LogP contribution in [0, 0.1) is 16.7 Å². The van der Waals surface area contributed by atoms with E-state index in [0.717, 1.165) is 12.8 Å². The average Bonchev–Trinajstić information content (AvgIpc) is 3.47. The van der Waals surface area contributed by atoms with Gasteiger partial charge in [0.2, 0.25) is 0 Å².